The van der Waals surface area contributed by atoms with Crippen molar-refractivity contribution in [2.75, 3.05) is 13.6 Å². The second-order valence-corrected chi connectivity index (χ2v) is 8.54. The highest BCUT2D eigenvalue weighted by atomic mass is 32.1. The number of carbonyl (C=O) groups excluding carboxylic acids is 2. The maximum Gasteiger partial charge on any atom is 0.264 e. The van der Waals surface area contributed by atoms with Crippen molar-refractivity contribution in [1.82, 2.24) is 9.91 Å². The minimum absolute atomic E-state index is 0.136. The lowest BCUT2D eigenvalue weighted by molar-refractivity contribution is -0.133. The lowest BCUT2D eigenvalue weighted by Gasteiger charge is -2.25. The molecular weight excluding hydrogens is 409 g/mol. The second-order valence-electron chi connectivity index (χ2n) is 6.64. The zero-order valence-electron chi connectivity index (χ0n) is 15.6. The number of benzene rings is 1. The van der Waals surface area contributed by atoms with Gasteiger partial charge in [0.2, 0.25) is 0 Å². The molecule has 0 saturated carbocycles. The van der Waals surface area contributed by atoms with Gasteiger partial charge in [0.15, 0.2) is 0 Å². The van der Waals surface area contributed by atoms with Gasteiger partial charge in [0.05, 0.1) is 21.5 Å². The smallest absolute Gasteiger partial charge is 0.264 e. The van der Waals surface area contributed by atoms with Gasteiger partial charge in [-0.2, -0.15) is 5.10 Å². The van der Waals surface area contributed by atoms with Crippen LogP contribution in [0, 0.1) is 5.82 Å². The number of nitrogens with zero attached hydrogens (tertiary/aromatic N) is 3. The van der Waals surface area contributed by atoms with E-state index in [2.05, 4.69) is 5.10 Å². The summed E-state index contributed by atoms with van der Waals surface area (Å²) in [5.74, 6) is -0.949. The Bertz CT molecular complexity index is 1050. The van der Waals surface area contributed by atoms with Crippen molar-refractivity contribution in [3.05, 3.63) is 80.4 Å². The molecule has 2 amide bonds. The van der Waals surface area contributed by atoms with Gasteiger partial charge < -0.3 is 4.90 Å². The van der Waals surface area contributed by atoms with E-state index in [4.69, 9.17) is 0 Å². The molecule has 4 rings (SSSR count). The largest absolute Gasteiger partial charge is 0.332 e. The summed E-state index contributed by atoms with van der Waals surface area (Å²) in [4.78, 5) is 28.4. The van der Waals surface area contributed by atoms with Gasteiger partial charge >= 0.3 is 0 Å². The molecule has 5 nitrogen and oxygen atoms in total. The molecule has 29 heavy (non-hydrogen) atoms. The lowest BCUT2D eigenvalue weighted by Crippen LogP contribution is -2.39. The van der Waals surface area contributed by atoms with E-state index in [1.54, 1.807) is 37.4 Å². The SMILES string of the molecule is CN(CC(=O)N1N=C(c2cccs2)CC1c1ccccc1F)C(=O)c1cccs1. The first-order chi connectivity index (χ1) is 14.0. The summed E-state index contributed by atoms with van der Waals surface area (Å²) >= 11 is 2.85. The molecule has 0 spiro atoms. The molecule has 3 aromatic rings. The fraction of sp³-hybridized carbons (Fsp3) is 0.190. The molecule has 148 valence electrons. The maximum atomic E-state index is 14.5. The summed E-state index contributed by atoms with van der Waals surface area (Å²) in [5.41, 5.74) is 1.16. The van der Waals surface area contributed by atoms with Crippen molar-refractivity contribution >= 4 is 40.2 Å². The summed E-state index contributed by atoms with van der Waals surface area (Å²) < 4.78 is 14.5. The summed E-state index contributed by atoms with van der Waals surface area (Å²) in [6.45, 7) is -0.136. The molecule has 1 aliphatic heterocycles. The number of hydrogen-bond acceptors (Lipinski definition) is 5. The standard InChI is InChI=1S/C21H18FN3O2S2/c1-24(21(27)19-9-5-11-29-19)13-20(26)25-17(14-6-2-3-7-15(14)22)12-16(23-25)18-8-4-10-28-18/h2-11,17H,12-13H2,1H3. The number of hydrogen-bond donors (Lipinski definition) is 0. The third-order valence-corrected chi connectivity index (χ3v) is 6.46. The fourth-order valence-corrected chi connectivity index (χ4v) is 4.69. The minimum Gasteiger partial charge on any atom is -0.332 e. The number of amides is 2. The van der Waals surface area contributed by atoms with Gasteiger partial charge in [0.1, 0.15) is 12.4 Å². The zero-order valence-corrected chi connectivity index (χ0v) is 17.3. The Balaban J connectivity index is 1.59. The Labute approximate surface area is 175 Å². The molecule has 0 aliphatic carbocycles. The summed E-state index contributed by atoms with van der Waals surface area (Å²) in [6.07, 6.45) is 0.426. The molecular formula is C21H18FN3O2S2. The summed E-state index contributed by atoms with van der Waals surface area (Å²) in [7, 11) is 1.58. The van der Waals surface area contributed by atoms with Crippen LogP contribution in [0.1, 0.15) is 32.6 Å². The minimum atomic E-state index is -0.536. The predicted octanol–water partition coefficient (Wildman–Crippen LogP) is 4.40. The van der Waals surface area contributed by atoms with Crippen LogP contribution in [0.3, 0.4) is 0 Å². The van der Waals surface area contributed by atoms with Gasteiger partial charge in [0, 0.05) is 19.0 Å². The van der Waals surface area contributed by atoms with Crippen molar-refractivity contribution in [2.24, 2.45) is 5.10 Å². The highest BCUT2D eigenvalue weighted by Crippen LogP contribution is 2.35. The van der Waals surface area contributed by atoms with E-state index < -0.39 is 6.04 Å². The summed E-state index contributed by atoms with van der Waals surface area (Å²) in [6, 6.07) is 13.2. The van der Waals surface area contributed by atoms with Gasteiger partial charge in [-0.3, -0.25) is 9.59 Å². The van der Waals surface area contributed by atoms with Crippen LogP contribution in [0.25, 0.3) is 0 Å². The van der Waals surface area contributed by atoms with Gasteiger partial charge in [-0.25, -0.2) is 9.40 Å². The topological polar surface area (TPSA) is 53.0 Å². The van der Waals surface area contributed by atoms with E-state index in [0.717, 1.165) is 10.6 Å². The van der Waals surface area contributed by atoms with Crippen LogP contribution in [0.5, 0.6) is 0 Å². The Hall–Kier alpha value is -2.84. The van der Waals surface area contributed by atoms with E-state index in [1.165, 1.54) is 38.6 Å². The van der Waals surface area contributed by atoms with Crippen molar-refractivity contribution in [2.45, 2.75) is 12.5 Å². The first-order valence-corrected chi connectivity index (χ1v) is 10.8. The number of likely N-dealkylation sites (N-methyl/N-ethyl adjacent to an activating group) is 1. The van der Waals surface area contributed by atoms with Gasteiger partial charge in [-0.15, -0.1) is 22.7 Å². The first-order valence-electron chi connectivity index (χ1n) is 9.01. The normalized spacial score (nSPS) is 16.0. The van der Waals surface area contributed by atoms with E-state index in [1.807, 2.05) is 22.9 Å². The Morgan fingerprint density at radius 1 is 1.14 bits per heavy atom. The fourth-order valence-electron chi connectivity index (χ4n) is 3.25. The third kappa shape index (κ3) is 3.99. The quantitative estimate of drug-likeness (QED) is 0.606. The van der Waals surface area contributed by atoms with Gasteiger partial charge in [-0.1, -0.05) is 30.3 Å². The Morgan fingerprint density at radius 2 is 1.90 bits per heavy atom. The molecule has 0 bridgehead atoms. The zero-order chi connectivity index (χ0) is 20.4. The van der Waals surface area contributed by atoms with E-state index >= 15 is 0 Å². The van der Waals surface area contributed by atoms with Crippen molar-refractivity contribution in [1.29, 1.82) is 0 Å². The highest BCUT2D eigenvalue weighted by Gasteiger charge is 2.35. The summed E-state index contributed by atoms with van der Waals surface area (Å²) in [5, 5.41) is 9.59. The number of hydrazone groups is 1. The highest BCUT2D eigenvalue weighted by molar-refractivity contribution is 7.12. The molecule has 1 atom stereocenters. The van der Waals surface area contributed by atoms with Gasteiger partial charge in [-0.05, 0) is 29.0 Å². The van der Waals surface area contributed by atoms with Crippen LogP contribution in [0.2, 0.25) is 0 Å². The third-order valence-electron chi connectivity index (χ3n) is 4.69. The van der Waals surface area contributed by atoms with E-state index in [9.17, 15) is 14.0 Å². The Kier molecular flexibility index (Phi) is 5.55. The van der Waals surface area contributed by atoms with Crippen LogP contribution in [-0.4, -0.2) is 41.0 Å². The van der Waals surface area contributed by atoms with E-state index in [-0.39, 0.29) is 24.2 Å². The molecule has 0 fully saturated rings. The van der Waals surface area contributed by atoms with Crippen molar-refractivity contribution < 1.29 is 14.0 Å². The molecule has 8 heteroatoms. The van der Waals surface area contributed by atoms with Crippen molar-refractivity contribution in [3.8, 4) is 0 Å². The number of rotatable bonds is 5. The molecule has 0 saturated heterocycles. The number of thiophene rings is 2. The van der Waals surface area contributed by atoms with Crippen LogP contribution < -0.4 is 0 Å². The van der Waals surface area contributed by atoms with E-state index in [0.29, 0.717) is 16.9 Å². The first kappa shape index (κ1) is 19.5. The average Bonchev–Trinajstić information content (AvgIpc) is 3.48. The molecule has 1 unspecified atom stereocenters. The monoisotopic (exact) mass is 427 g/mol. The average molecular weight is 428 g/mol. The molecule has 0 radical (unpaired) electrons. The van der Waals surface area contributed by atoms with Crippen LogP contribution >= 0.6 is 22.7 Å². The molecule has 2 aromatic heterocycles. The number of carbonyl (C=O) groups is 2. The number of halogens is 1. The Morgan fingerprint density at radius 3 is 2.59 bits per heavy atom. The maximum absolute atomic E-state index is 14.5. The van der Waals surface area contributed by atoms with Gasteiger partial charge in [0.25, 0.3) is 11.8 Å². The molecule has 0 N–H and O–H groups in total. The molecule has 3 heterocycles. The van der Waals surface area contributed by atoms with Crippen LogP contribution in [0.4, 0.5) is 4.39 Å². The van der Waals surface area contributed by atoms with Crippen molar-refractivity contribution in [3.63, 3.8) is 0 Å². The molecule has 1 aromatic carbocycles. The lowest BCUT2D eigenvalue weighted by atomic mass is 10.0. The predicted molar refractivity (Wildman–Crippen MR) is 113 cm³/mol. The van der Waals surface area contributed by atoms with Crippen LogP contribution in [0.15, 0.2) is 64.4 Å². The van der Waals surface area contributed by atoms with Crippen LogP contribution in [-0.2, 0) is 4.79 Å². The second kappa shape index (κ2) is 8.26. The molecule has 1 aliphatic rings.